The van der Waals surface area contributed by atoms with Crippen LogP contribution in [0.2, 0.25) is 0 Å². The molecule has 1 aromatic rings. The molecule has 0 amide bonds. The van der Waals surface area contributed by atoms with Gasteiger partial charge < -0.3 is 20.1 Å². The molecule has 0 spiro atoms. The van der Waals surface area contributed by atoms with Crippen LogP contribution in [0.25, 0.3) is 0 Å². The first-order valence-corrected chi connectivity index (χ1v) is 8.51. The highest BCUT2D eigenvalue weighted by molar-refractivity contribution is 14.0. The van der Waals surface area contributed by atoms with E-state index in [2.05, 4.69) is 61.5 Å². The van der Waals surface area contributed by atoms with Crippen molar-refractivity contribution in [3.05, 3.63) is 29.3 Å². The number of aryl methyl sites for hydroxylation is 1. The molecule has 0 saturated carbocycles. The van der Waals surface area contributed by atoms with E-state index >= 15 is 0 Å². The summed E-state index contributed by atoms with van der Waals surface area (Å²) >= 11 is 0. The highest BCUT2D eigenvalue weighted by Gasteiger charge is 2.24. The first-order chi connectivity index (χ1) is 11.3. The molecule has 1 atom stereocenters. The van der Waals surface area contributed by atoms with E-state index in [0.717, 1.165) is 17.3 Å². The van der Waals surface area contributed by atoms with Gasteiger partial charge in [-0.25, -0.2) is 0 Å². The topological polar surface area (TPSA) is 54.9 Å². The van der Waals surface area contributed by atoms with Crippen molar-refractivity contribution in [2.75, 3.05) is 27.3 Å². The smallest absolute Gasteiger partial charge is 0.191 e. The number of hydrogen-bond donors (Lipinski definition) is 2. The number of benzene rings is 1. The number of methoxy groups -OCH3 is 1. The highest BCUT2D eigenvalue weighted by Crippen LogP contribution is 2.21. The lowest BCUT2D eigenvalue weighted by atomic mass is 9.89. The van der Waals surface area contributed by atoms with Crippen LogP contribution in [-0.2, 0) is 11.3 Å². The Bertz CT molecular complexity index is 542. The van der Waals surface area contributed by atoms with Gasteiger partial charge in [0.2, 0.25) is 0 Å². The Kier molecular flexibility index (Phi) is 11.1. The van der Waals surface area contributed by atoms with E-state index in [-0.39, 0.29) is 35.5 Å². The summed E-state index contributed by atoms with van der Waals surface area (Å²) in [5, 5.41) is 6.67. The van der Waals surface area contributed by atoms with Crippen molar-refractivity contribution in [3.63, 3.8) is 0 Å². The van der Waals surface area contributed by atoms with Crippen LogP contribution in [0, 0.1) is 12.3 Å². The van der Waals surface area contributed by atoms with E-state index < -0.39 is 0 Å². The highest BCUT2D eigenvalue weighted by atomic mass is 127. The standard InChI is InChI=1S/C19H33N3O2.HI/c1-8-24-16-11-14(2)9-10-15(16)12-21-18(20-6)22-13-17(23-7)19(3,4)5;/h9-11,17H,8,12-13H2,1-7H3,(H2,20,21,22);1H. The quantitative estimate of drug-likeness (QED) is 0.368. The molecule has 25 heavy (non-hydrogen) atoms. The van der Waals surface area contributed by atoms with Gasteiger partial charge in [0.25, 0.3) is 0 Å². The van der Waals surface area contributed by atoms with Crippen LogP contribution >= 0.6 is 24.0 Å². The van der Waals surface area contributed by atoms with Crippen LogP contribution in [-0.4, -0.2) is 39.4 Å². The summed E-state index contributed by atoms with van der Waals surface area (Å²) in [6.07, 6.45) is 0.106. The lowest BCUT2D eigenvalue weighted by Crippen LogP contribution is -2.45. The molecule has 5 nitrogen and oxygen atoms in total. The summed E-state index contributed by atoms with van der Waals surface area (Å²) in [5.74, 6) is 1.68. The minimum atomic E-state index is 0. The molecule has 144 valence electrons. The second kappa shape index (κ2) is 11.6. The Balaban J connectivity index is 0.00000576. The first-order valence-electron chi connectivity index (χ1n) is 8.51. The van der Waals surface area contributed by atoms with Crippen molar-refractivity contribution >= 4 is 29.9 Å². The predicted octanol–water partition coefficient (Wildman–Crippen LogP) is 3.74. The number of nitrogens with zero attached hydrogens (tertiary/aromatic N) is 1. The molecule has 0 saturated heterocycles. The zero-order chi connectivity index (χ0) is 18.2. The van der Waals surface area contributed by atoms with Crippen molar-refractivity contribution in [3.8, 4) is 5.75 Å². The van der Waals surface area contributed by atoms with Crippen molar-refractivity contribution in [2.24, 2.45) is 10.4 Å². The minimum absolute atomic E-state index is 0. The van der Waals surface area contributed by atoms with Crippen LogP contribution in [0.3, 0.4) is 0 Å². The van der Waals surface area contributed by atoms with E-state index in [1.54, 1.807) is 14.2 Å². The Morgan fingerprint density at radius 3 is 2.44 bits per heavy atom. The van der Waals surface area contributed by atoms with Crippen molar-refractivity contribution in [1.82, 2.24) is 10.6 Å². The maximum atomic E-state index is 5.72. The van der Waals surface area contributed by atoms with Gasteiger partial charge in [0.1, 0.15) is 5.75 Å². The number of guanidine groups is 1. The average molecular weight is 463 g/mol. The molecule has 1 aromatic carbocycles. The van der Waals surface area contributed by atoms with Gasteiger partial charge in [0.15, 0.2) is 5.96 Å². The summed E-state index contributed by atoms with van der Waals surface area (Å²) in [5.41, 5.74) is 2.38. The second-order valence-corrected chi connectivity index (χ2v) is 6.94. The number of nitrogens with one attached hydrogen (secondary N) is 2. The Labute approximate surface area is 170 Å². The molecule has 0 aromatic heterocycles. The van der Waals surface area contributed by atoms with Gasteiger partial charge in [0.05, 0.1) is 12.7 Å². The number of rotatable bonds is 7. The Morgan fingerprint density at radius 2 is 1.92 bits per heavy atom. The molecule has 0 aliphatic rings. The van der Waals surface area contributed by atoms with Gasteiger partial charge >= 0.3 is 0 Å². The second-order valence-electron chi connectivity index (χ2n) is 6.94. The molecule has 0 aliphatic carbocycles. The third-order valence-corrected chi connectivity index (χ3v) is 3.90. The SMILES string of the molecule is CCOc1cc(C)ccc1CNC(=NC)NCC(OC)C(C)(C)C.I. The molecule has 1 unspecified atom stereocenters. The number of aliphatic imine (C=N–C) groups is 1. The molecule has 0 bridgehead atoms. The van der Waals surface area contributed by atoms with Gasteiger partial charge in [-0.05, 0) is 30.9 Å². The van der Waals surface area contributed by atoms with E-state index in [4.69, 9.17) is 9.47 Å². The monoisotopic (exact) mass is 463 g/mol. The zero-order valence-corrected chi connectivity index (χ0v) is 18.9. The third-order valence-electron chi connectivity index (χ3n) is 3.90. The molecule has 0 heterocycles. The van der Waals surface area contributed by atoms with Crippen molar-refractivity contribution in [1.29, 1.82) is 0 Å². The molecule has 0 fully saturated rings. The van der Waals surface area contributed by atoms with Gasteiger partial charge in [-0.15, -0.1) is 24.0 Å². The molecule has 1 rings (SSSR count). The molecule has 0 radical (unpaired) electrons. The fraction of sp³-hybridized carbons (Fsp3) is 0.632. The fourth-order valence-corrected chi connectivity index (χ4v) is 2.43. The minimum Gasteiger partial charge on any atom is -0.494 e. The van der Waals surface area contributed by atoms with Crippen LogP contribution < -0.4 is 15.4 Å². The third kappa shape index (κ3) is 8.27. The van der Waals surface area contributed by atoms with Gasteiger partial charge in [-0.2, -0.15) is 0 Å². The molecule has 6 heteroatoms. The Hall–Kier alpha value is -1.02. The normalized spacial score (nSPS) is 13.0. The summed E-state index contributed by atoms with van der Waals surface area (Å²) in [6.45, 7) is 12.6. The number of halogens is 1. The summed E-state index contributed by atoms with van der Waals surface area (Å²) in [4.78, 5) is 4.28. The van der Waals surface area contributed by atoms with Gasteiger partial charge in [-0.1, -0.05) is 32.9 Å². The van der Waals surface area contributed by atoms with E-state index in [9.17, 15) is 0 Å². The zero-order valence-electron chi connectivity index (χ0n) is 16.6. The van der Waals surface area contributed by atoms with Gasteiger partial charge in [-0.3, -0.25) is 4.99 Å². The van der Waals surface area contributed by atoms with Crippen LogP contribution in [0.15, 0.2) is 23.2 Å². The molecule has 2 N–H and O–H groups in total. The molecular weight excluding hydrogens is 429 g/mol. The van der Waals surface area contributed by atoms with Crippen LogP contribution in [0.5, 0.6) is 5.75 Å². The summed E-state index contributed by atoms with van der Waals surface area (Å²) in [6, 6.07) is 6.25. The summed E-state index contributed by atoms with van der Waals surface area (Å²) in [7, 11) is 3.52. The first kappa shape index (κ1) is 24.0. The molecular formula is C19H34IN3O2. The van der Waals surface area contributed by atoms with E-state index in [0.29, 0.717) is 19.7 Å². The van der Waals surface area contributed by atoms with Crippen molar-refractivity contribution < 1.29 is 9.47 Å². The van der Waals surface area contributed by atoms with Gasteiger partial charge in [0, 0.05) is 32.8 Å². The van der Waals surface area contributed by atoms with E-state index in [1.165, 1.54) is 5.56 Å². The fourth-order valence-electron chi connectivity index (χ4n) is 2.43. The lowest BCUT2D eigenvalue weighted by Gasteiger charge is -2.30. The van der Waals surface area contributed by atoms with Crippen LogP contribution in [0.1, 0.15) is 38.8 Å². The Morgan fingerprint density at radius 1 is 1.24 bits per heavy atom. The predicted molar refractivity (Wildman–Crippen MR) is 116 cm³/mol. The lowest BCUT2D eigenvalue weighted by molar-refractivity contribution is 0.0205. The summed E-state index contributed by atoms with van der Waals surface area (Å²) < 4.78 is 11.3. The maximum Gasteiger partial charge on any atom is 0.191 e. The van der Waals surface area contributed by atoms with Crippen molar-refractivity contribution in [2.45, 2.75) is 47.3 Å². The maximum absolute atomic E-state index is 5.72. The van der Waals surface area contributed by atoms with E-state index in [1.807, 2.05) is 6.92 Å². The average Bonchev–Trinajstić information content (AvgIpc) is 2.51. The van der Waals surface area contributed by atoms with Crippen LogP contribution in [0.4, 0.5) is 0 Å². The largest absolute Gasteiger partial charge is 0.494 e. The number of hydrogen-bond acceptors (Lipinski definition) is 3. The number of ether oxygens (including phenoxy) is 2. The molecule has 0 aliphatic heterocycles.